The molecule has 488 valence electrons. The molecule has 93 heavy (non-hydrogen) atoms. The van der Waals surface area contributed by atoms with E-state index in [1.807, 2.05) is 60.7 Å². The van der Waals surface area contributed by atoms with E-state index in [0.717, 1.165) is 22.3 Å². The minimum absolute atomic E-state index is 0.00140. The van der Waals surface area contributed by atoms with Crippen LogP contribution in [0.1, 0.15) is 131 Å². The highest BCUT2D eigenvalue weighted by atomic mass is 35.5. The molecule has 0 bridgehead atoms. The molecule has 0 saturated carbocycles. The van der Waals surface area contributed by atoms with Crippen LogP contribution < -0.4 is 31.9 Å². The van der Waals surface area contributed by atoms with Crippen LogP contribution >= 0.6 is 23.2 Å². The van der Waals surface area contributed by atoms with Crippen LogP contribution in [0.2, 0.25) is 10.0 Å². The van der Waals surface area contributed by atoms with Crippen molar-refractivity contribution in [3.8, 4) is 0 Å². The molecule has 6 N–H and O–H groups in total. The zero-order chi connectivity index (χ0) is 66.2. The van der Waals surface area contributed by atoms with Crippen molar-refractivity contribution in [2.75, 3.05) is 40.4 Å². The number of fused-ring (bicyclic) bond motifs is 2. The number of benzene rings is 6. The fraction of sp³-hybridized carbons (Fsp3) is 0.333. The number of nitrogens with zero attached hydrogens (tertiary/aromatic N) is 2. The van der Waals surface area contributed by atoms with Gasteiger partial charge in [-0.15, -0.1) is 0 Å². The minimum Gasteiger partial charge on any atom is -0.467 e. The Morgan fingerprint density at radius 1 is 0.419 bits per heavy atom. The Morgan fingerprint density at radius 2 is 0.742 bits per heavy atom. The molecule has 0 saturated heterocycles. The SMILES string of the molecule is COC(=O)[C@H](CCCCNC(=O)c1cc2c(cc1C(=O)NCCc1ccc(Cl)cc1)CN(C(=O)CC(=O)N1Cc3cc(C(=O)NCCCC[C@H](NC(=O)OCc4ccccc4)C(=O)OC)c(C(=O)NCCc4ccc(Cl)cc4)cc3C1)C2)NC(=O)OCc1ccccc1. The topological polar surface area (TPSA) is 286 Å². The fourth-order valence-electron chi connectivity index (χ4n) is 10.6. The molecule has 6 aromatic carbocycles. The van der Waals surface area contributed by atoms with Crippen LogP contribution in [0.15, 0.2) is 133 Å². The summed E-state index contributed by atoms with van der Waals surface area (Å²) >= 11 is 12.2. The average Bonchev–Trinajstić information content (AvgIpc) is 1.71. The summed E-state index contributed by atoms with van der Waals surface area (Å²) in [6, 6.07) is 36.8. The molecule has 2 aliphatic heterocycles. The molecule has 24 heteroatoms. The van der Waals surface area contributed by atoms with Gasteiger partial charge in [0.05, 0.1) is 36.5 Å². The van der Waals surface area contributed by atoms with Gasteiger partial charge in [0.25, 0.3) is 23.6 Å². The van der Waals surface area contributed by atoms with E-state index in [4.69, 9.17) is 42.1 Å². The number of unbranched alkanes of at least 4 members (excludes halogenated alkanes) is 2. The molecule has 22 nitrogen and oxygen atoms in total. The Balaban J connectivity index is 0.886. The van der Waals surface area contributed by atoms with E-state index < -0.39 is 78.1 Å². The van der Waals surface area contributed by atoms with Crippen molar-refractivity contribution in [1.82, 2.24) is 41.7 Å². The van der Waals surface area contributed by atoms with Gasteiger partial charge in [-0.1, -0.05) is 108 Å². The number of esters is 2. The van der Waals surface area contributed by atoms with Crippen LogP contribution in [0.5, 0.6) is 0 Å². The minimum atomic E-state index is -1.01. The number of ether oxygens (including phenoxy) is 4. The van der Waals surface area contributed by atoms with Crippen molar-refractivity contribution in [3.05, 3.63) is 210 Å². The normalized spacial score (nSPS) is 12.6. The number of methoxy groups -OCH3 is 2. The monoisotopic (exact) mass is 1310 g/mol. The highest BCUT2D eigenvalue weighted by molar-refractivity contribution is 6.30. The van der Waals surface area contributed by atoms with Crippen LogP contribution in [0.25, 0.3) is 0 Å². The second kappa shape index (κ2) is 34.6. The first-order valence-corrected chi connectivity index (χ1v) is 31.3. The average molecular weight is 1310 g/mol. The first-order chi connectivity index (χ1) is 44.9. The van der Waals surface area contributed by atoms with Crippen molar-refractivity contribution in [1.29, 1.82) is 0 Å². The van der Waals surface area contributed by atoms with Crippen LogP contribution in [-0.4, -0.2) is 122 Å². The Hall–Kier alpha value is -9.80. The Morgan fingerprint density at radius 3 is 1.06 bits per heavy atom. The van der Waals surface area contributed by atoms with Crippen LogP contribution in [0, 0.1) is 0 Å². The van der Waals surface area contributed by atoms with Gasteiger partial charge in [-0.25, -0.2) is 19.2 Å². The van der Waals surface area contributed by atoms with Gasteiger partial charge in [0.2, 0.25) is 11.8 Å². The van der Waals surface area contributed by atoms with E-state index in [-0.39, 0.29) is 101 Å². The Kier molecular flexibility index (Phi) is 25.7. The lowest BCUT2D eigenvalue weighted by Gasteiger charge is -2.19. The summed E-state index contributed by atoms with van der Waals surface area (Å²) in [5.41, 5.74) is 6.07. The number of hydrogen-bond acceptors (Lipinski definition) is 14. The van der Waals surface area contributed by atoms with E-state index in [9.17, 15) is 47.9 Å². The van der Waals surface area contributed by atoms with E-state index in [2.05, 4.69) is 31.9 Å². The lowest BCUT2D eigenvalue weighted by Crippen LogP contribution is -2.41. The van der Waals surface area contributed by atoms with Crippen LogP contribution in [0.3, 0.4) is 0 Å². The maximum absolute atomic E-state index is 14.1. The summed E-state index contributed by atoms with van der Waals surface area (Å²) in [7, 11) is 2.42. The third-order valence-corrected chi connectivity index (χ3v) is 16.2. The summed E-state index contributed by atoms with van der Waals surface area (Å²) < 4.78 is 20.4. The Labute approximate surface area is 548 Å². The van der Waals surface area contributed by atoms with E-state index in [1.54, 1.807) is 72.8 Å². The maximum Gasteiger partial charge on any atom is 0.408 e. The molecule has 0 unspecified atom stereocenters. The van der Waals surface area contributed by atoms with Crippen molar-refractivity contribution in [2.45, 2.75) is 109 Å². The molecule has 0 aliphatic carbocycles. The smallest absolute Gasteiger partial charge is 0.408 e. The zero-order valence-electron chi connectivity index (χ0n) is 51.7. The molecule has 0 fully saturated rings. The maximum atomic E-state index is 14.1. The van der Waals surface area contributed by atoms with E-state index in [0.29, 0.717) is 70.8 Å². The highest BCUT2D eigenvalue weighted by Crippen LogP contribution is 2.31. The van der Waals surface area contributed by atoms with Gasteiger partial charge >= 0.3 is 24.1 Å². The summed E-state index contributed by atoms with van der Waals surface area (Å²) in [5.74, 6) is -4.50. The predicted molar refractivity (Wildman–Crippen MR) is 344 cm³/mol. The number of amides is 8. The third-order valence-electron chi connectivity index (χ3n) is 15.7. The van der Waals surface area contributed by atoms with Gasteiger partial charge in [0, 0.05) is 62.4 Å². The summed E-state index contributed by atoms with van der Waals surface area (Å²) in [6.07, 6.45) is 0.705. The molecule has 6 aromatic rings. The molecule has 2 atom stereocenters. The zero-order valence-corrected chi connectivity index (χ0v) is 53.2. The molecule has 8 amide bonds. The molecule has 2 heterocycles. The standard InChI is InChI=1S/C69H74Cl2N8O14/c1-90-66(86)58(76-68(88)92-42-46-13-5-3-6-14-46)17-9-11-29-72-62(82)54-33-48-38-78(40-50(48)35-56(54)64(84)74-31-27-44-19-23-52(70)24-20-44)60(80)37-61(81)79-39-49-34-55(57(36-51(49)41-79)65(85)75-32-28-45-21-25-53(71)26-22-45)63(83)73-30-12-10-18-59(67(87)91-2)77-69(89)93-43-47-15-7-4-8-16-47/h3-8,13-16,19-26,33-36,58-59H,9-12,17-18,27-32,37-43H2,1-2H3,(H,72,82)(H,73,83)(H,74,84)(H,75,85)(H,76,88)(H,77,89)/t58-,59-/m0/s1. The summed E-state index contributed by atoms with van der Waals surface area (Å²) in [5, 5.41) is 17.8. The van der Waals surface area contributed by atoms with Crippen molar-refractivity contribution in [2.24, 2.45) is 0 Å². The lowest BCUT2D eigenvalue weighted by atomic mass is 9.98. The number of halogens is 2. The molecule has 2 aliphatic rings. The molecular formula is C69H74Cl2N8O14. The molecule has 0 radical (unpaired) electrons. The number of nitrogens with one attached hydrogen (secondary N) is 6. The molecule has 0 spiro atoms. The number of alkyl carbamates (subject to hydrolysis) is 2. The number of rotatable bonds is 30. The predicted octanol–water partition coefficient (Wildman–Crippen LogP) is 8.45. The third kappa shape index (κ3) is 20.6. The highest BCUT2D eigenvalue weighted by Gasteiger charge is 2.33. The number of carbonyl (C=O) groups excluding carboxylic acids is 10. The van der Waals surface area contributed by atoms with Gasteiger partial charge in [0.15, 0.2) is 0 Å². The first-order valence-electron chi connectivity index (χ1n) is 30.5. The van der Waals surface area contributed by atoms with Crippen LogP contribution in [0.4, 0.5) is 9.59 Å². The molecular weight excluding hydrogens is 1240 g/mol. The van der Waals surface area contributed by atoms with Gasteiger partial charge < -0.3 is 60.6 Å². The summed E-state index contributed by atoms with van der Waals surface area (Å²) in [4.78, 5) is 138. The summed E-state index contributed by atoms with van der Waals surface area (Å²) in [6.45, 7) is 0.914. The first kappa shape index (κ1) is 69.1. The fourth-order valence-corrected chi connectivity index (χ4v) is 10.9. The number of hydrogen-bond donors (Lipinski definition) is 6. The largest absolute Gasteiger partial charge is 0.467 e. The molecule has 0 aromatic heterocycles. The van der Waals surface area contributed by atoms with Crippen molar-refractivity contribution >= 4 is 82.8 Å². The van der Waals surface area contributed by atoms with E-state index >= 15 is 0 Å². The second-order valence-corrected chi connectivity index (χ2v) is 23.2. The van der Waals surface area contributed by atoms with Gasteiger partial charge in [0.1, 0.15) is 31.7 Å². The molecule has 8 rings (SSSR count). The Bertz CT molecular complexity index is 3420. The second-order valence-electron chi connectivity index (χ2n) is 22.3. The quantitative estimate of drug-likeness (QED) is 0.0107. The van der Waals surface area contributed by atoms with Crippen molar-refractivity contribution in [3.63, 3.8) is 0 Å². The van der Waals surface area contributed by atoms with Crippen LogP contribution in [-0.2, 0) is 90.4 Å². The van der Waals surface area contributed by atoms with Gasteiger partial charge in [-0.2, -0.15) is 0 Å². The lowest BCUT2D eigenvalue weighted by molar-refractivity contribution is -0.144. The van der Waals surface area contributed by atoms with Gasteiger partial charge in [-0.3, -0.25) is 28.8 Å². The van der Waals surface area contributed by atoms with Gasteiger partial charge in [-0.05, 0) is 144 Å². The number of carbonyl (C=O) groups is 10. The van der Waals surface area contributed by atoms with Crippen molar-refractivity contribution < 1.29 is 66.9 Å². The van der Waals surface area contributed by atoms with E-state index in [1.165, 1.54) is 24.0 Å².